The second kappa shape index (κ2) is 9.44. The number of allylic oxidation sites excluding steroid dienone is 2. The maximum Gasteiger partial charge on any atom is 0.573 e. The summed E-state index contributed by atoms with van der Waals surface area (Å²) in [6.07, 6.45) is -3.82. The lowest BCUT2D eigenvalue weighted by Gasteiger charge is -2.26. The van der Waals surface area contributed by atoms with Crippen LogP contribution in [0.3, 0.4) is 0 Å². The van der Waals surface area contributed by atoms with Crippen molar-refractivity contribution in [2.24, 2.45) is 5.41 Å². The van der Waals surface area contributed by atoms with Crippen molar-refractivity contribution in [3.05, 3.63) is 65.2 Å². The fraction of sp³-hybridized carbons (Fsp3) is 0.333. The van der Waals surface area contributed by atoms with Crippen LogP contribution in [0, 0.1) is 17.0 Å². The Kier molecular flexibility index (Phi) is 7.44. The molecule has 2 rings (SSSR count). The van der Waals surface area contributed by atoms with E-state index < -0.39 is 52.3 Å². The molecule has 0 atom stereocenters. The van der Waals surface area contributed by atoms with E-state index in [-0.39, 0.29) is 16.7 Å². The molecule has 0 saturated heterocycles. The van der Waals surface area contributed by atoms with Crippen molar-refractivity contribution in [3.63, 3.8) is 0 Å². The normalized spacial score (nSPS) is 12.9. The van der Waals surface area contributed by atoms with Crippen LogP contribution in [0.25, 0.3) is 5.57 Å². The number of aliphatic carboxylic acids is 1. The van der Waals surface area contributed by atoms with Crippen LogP contribution in [0.1, 0.15) is 50.5 Å². The molecule has 0 aliphatic rings. The van der Waals surface area contributed by atoms with Crippen molar-refractivity contribution in [3.8, 4) is 11.5 Å². The second-order valence-corrected chi connectivity index (χ2v) is 8.90. The van der Waals surface area contributed by atoms with Crippen molar-refractivity contribution in [1.82, 2.24) is 0 Å². The third-order valence-corrected chi connectivity index (χ3v) is 4.67. The van der Waals surface area contributed by atoms with Crippen LogP contribution in [0.4, 0.5) is 22.0 Å². The molecule has 2 aromatic carbocycles. The van der Waals surface area contributed by atoms with E-state index in [9.17, 15) is 27.2 Å². The van der Waals surface area contributed by atoms with Crippen LogP contribution in [0.5, 0.6) is 11.5 Å². The maximum absolute atomic E-state index is 15.0. The van der Waals surface area contributed by atoms with Crippen LogP contribution in [0.15, 0.2) is 42.5 Å². The van der Waals surface area contributed by atoms with Gasteiger partial charge in [0.1, 0.15) is 5.75 Å². The molecule has 0 saturated carbocycles. The lowest BCUT2D eigenvalue weighted by Crippen LogP contribution is -2.38. The highest BCUT2D eigenvalue weighted by Gasteiger charge is 2.33. The Bertz CT molecular complexity index is 1110. The SMILES string of the molecule is CC(C)(C)C(=CC(=O)c1ccc(OC(F)(F)F)cc1)c1ccc(OC(C)(C)C(=O)O)c(F)c1F. The summed E-state index contributed by atoms with van der Waals surface area (Å²) in [4.78, 5) is 24.0. The molecule has 184 valence electrons. The average Bonchev–Trinajstić information content (AvgIpc) is 2.68. The number of carbonyl (C=O) groups is 2. The largest absolute Gasteiger partial charge is 0.573 e. The van der Waals surface area contributed by atoms with E-state index in [1.165, 1.54) is 13.8 Å². The summed E-state index contributed by atoms with van der Waals surface area (Å²) in [5.74, 6) is -5.95. The van der Waals surface area contributed by atoms with Gasteiger partial charge in [0.25, 0.3) is 0 Å². The molecule has 0 unspecified atom stereocenters. The molecule has 0 bridgehead atoms. The van der Waals surface area contributed by atoms with Crippen molar-refractivity contribution >= 4 is 17.3 Å². The van der Waals surface area contributed by atoms with Gasteiger partial charge in [-0.3, -0.25) is 4.79 Å². The van der Waals surface area contributed by atoms with Crippen molar-refractivity contribution in [2.45, 2.75) is 46.6 Å². The van der Waals surface area contributed by atoms with Gasteiger partial charge in [-0.25, -0.2) is 9.18 Å². The highest BCUT2D eigenvalue weighted by molar-refractivity contribution is 6.09. The number of hydrogen-bond donors (Lipinski definition) is 1. The Hall–Kier alpha value is -3.43. The number of carboxylic acid groups (broad SMARTS) is 1. The van der Waals surface area contributed by atoms with Crippen LogP contribution in [-0.2, 0) is 4.79 Å². The van der Waals surface area contributed by atoms with Gasteiger partial charge in [-0.2, -0.15) is 4.39 Å². The molecule has 0 heterocycles. The zero-order valence-corrected chi connectivity index (χ0v) is 19.0. The first-order chi connectivity index (χ1) is 15.4. The summed E-state index contributed by atoms with van der Waals surface area (Å²) in [5, 5.41) is 9.14. The number of rotatable bonds is 7. The minimum absolute atomic E-state index is 0.000292. The van der Waals surface area contributed by atoms with Gasteiger partial charge in [0.2, 0.25) is 5.82 Å². The molecule has 0 aliphatic heterocycles. The molecular formula is C24H23F5O5. The maximum atomic E-state index is 15.0. The number of alkyl halides is 3. The Balaban J connectivity index is 2.46. The lowest BCUT2D eigenvalue weighted by molar-refractivity contribution is -0.274. The number of hydrogen-bond acceptors (Lipinski definition) is 4. The first-order valence-corrected chi connectivity index (χ1v) is 9.95. The molecule has 34 heavy (non-hydrogen) atoms. The first-order valence-electron chi connectivity index (χ1n) is 9.95. The fourth-order valence-corrected chi connectivity index (χ4v) is 2.87. The lowest BCUT2D eigenvalue weighted by atomic mass is 9.80. The summed E-state index contributed by atoms with van der Waals surface area (Å²) < 4.78 is 75.6. The van der Waals surface area contributed by atoms with Crippen LogP contribution in [0.2, 0.25) is 0 Å². The number of ketones is 1. The average molecular weight is 486 g/mol. The van der Waals surface area contributed by atoms with E-state index in [0.29, 0.717) is 0 Å². The van der Waals surface area contributed by atoms with Gasteiger partial charge < -0.3 is 14.6 Å². The molecule has 2 aromatic rings. The van der Waals surface area contributed by atoms with Crippen molar-refractivity contribution < 1.29 is 46.1 Å². The van der Waals surface area contributed by atoms with Crippen molar-refractivity contribution in [2.75, 3.05) is 0 Å². The van der Waals surface area contributed by atoms with Gasteiger partial charge in [-0.1, -0.05) is 20.8 Å². The molecule has 0 amide bonds. The van der Waals surface area contributed by atoms with Gasteiger partial charge in [0, 0.05) is 11.1 Å². The van der Waals surface area contributed by atoms with Gasteiger partial charge >= 0.3 is 12.3 Å². The van der Waals surface area contributed by atoms with E-state index in [1.54, 1.807) is 20.8 Å². The predicted octanol–water partition coefficient (Wildman–Crippen LogP) is 6.42. The number of carbonyl (C=O) groups excluding carboxylic acids is 1. The summed E-state index contributed by atoms with van der Waals surface area (Å²) in [6.45, 7) is 7.31. The highest BCUT2D eigenvalue weighted by Crippen LogP contribution is 2.38. The summed E-state index contributed by atoms with van der Waals surface area (Å²) in [7, 11) is 0. The second-order valence-electron chi connectivity index (χ2n) is 8.90. The van der Waals surface area contributed by atoms with Crippen LogP contribution < -0.4 is 9.47 Å². The standard InChI is InChI=1S/C24H23F5O5/c1-22(2,3)16(12-17(30)13-6-8-14(9-7-13)33-24(27,28)29)15-10-11-18(20(26)19(15)25)34-23(4,5)21(31)32/h6-12H,1-5H3,(H,31,32). The number of carboxylic acids is 1. The van der Waals surface area contributed by atoms with Crippen molar-refractivity contribution in [1.29, 1.82) is 0 Å². The minimum atomic E-state index is -4.89. The Morgan fingerprint density at radius 2 is 1.41 bits per heavy atom. The third kappa shape index (κ3) is 6.55. The number of ether oxygens (including phenoxy) is 2. The minimum Gasteiger partial charge on any atom is -0.478 e. The Morgan fingerprint density at radius 3 is 1.88 bits per heavy atom. The fourth-order valence-electron chi connectivity index (χ4n) is 2.87. The van der Waals surface area contributed by atoms with Gasteiger partial charge in [0.05, 0.1) is 0 Å². The van der Waals surface area contributed by atoms with E-state index >= 15 is 4.39 Å². The zero-order valence-electron chi connectivity index (χ0n) is 19.0. The zero-order chi connectivity index (χ0) is 26.1. The quantitative estimate of drug-likeness (QED) is 0.278. The number of benzene rings is 2. The van der Waals surface area contributed by atoms with E-state index in [0.717, 1.165) is 42.5 Å². The summed E-state index contributed by atoms with van der Waals surface area (Å²) >= 11 is 0. The summed E-state index contributed by atoms with van der Waals surface area (Å²) in [6, 6.07) is 6.37. The molecule has 5 nitrogen and oxygen atoms in total. The molecule has 0 radical (unpaired) electrons. The van der Waals surface area contributed by atoms with Gasteiger partial charge in [0.15, 0.2) is 23.0 Å². The van der Waals surface area contributed by atoms with Crippen LogP contribution >= 0.6 is 0 Å². The summed E-state index contributed by atoms with van der Waals surface area (Å²) in [5.41, 5.74) is -2.83. The van der Waals surface area contributed by atoms with Gasteiger partial charge in [-0.05, 0) is 67.3 Å². The monoisotopic (exact) mass is 486 g/mol. The van der Waals surface area contributed by atoms with E-state index in [4.69, 9.17) is 9.84 Å². The molecule has 0 spiro atoms. The molecule has 0 aliphatic carbocycles. The topological polar surface area (TPSA) is 72.8 Å². The van der Waals surface area contributed by atoms with E-state index in [1.807, 2.05) is 0 Å². The molecule has 0 fully saturated rings. The molecule has 1 N–H and O–H groups in total. The third-order valence-electron chi connectivity index (χ3n) is 4.67. The smallest absolute Gasteiger partial charge is 0.478 e. The van der Waals surface area contributed by atoms with Gasteiger partial charge in [-0.15, -0.1) is 13.2 Å². The molecular weight excluding hydrogens is 463 g/mol. The molecule has 0 aromatic heterocycles. The Labute approximate surface area is 192 Å². The highest BCUT2D eigenvalue weighted by atomic mass is 19.4. The first kappa shape index (κ1) is 26.8. The van der Waals surface area contributed by atoms with E-state index in [2.05, 4.69) is 4.74 Å². The van der Waals surface area contributed by atoms with Crippen LogP contribution in [-0.4, -0.2) is 28.8 Å². The predicted molar refractivity (Wildman–Crippen MR) is 114 cm³/mol. The molecule has 10 heteroatoms. The Morgan fingerprint density at radius 1 is 0.853 bits per heavy atom. The number of halogens is 5.